The smallest absolute Gasteiger partial charge is 0.335 e. The normalized spacial score (nSPS) is 14.4. The van der Waals surface area contributed by atoms with Crippen molar-refractivity contribution in [3.05, 3.63) is 36.0 Å². The Morgan fingerprint density at radius 2 is 2.10 bits per heavy atom. The molecule has 0 spiro atoms. The zero-order valence-electron chi connectivity index (χ0n) is 11.0. The van der Waals surface area contributed by atoms with Crippen molar-refractivity contribution in [1.29, 1.82) is 0 Å². The Kier molecular flexibility index (Phi) is 3.18. The molecular weight excluding hydrogens is 256 g/mol. The molecule has 0 bridgehead atoms. The standard InChI is InChI=1S/C15H16N2O3/c18-14(16-8-10-1-2-10)9-17-6-5-11-3-4-12(15(19)20)7-13(11)17/h3-7,10H,1-2,8-9H2,(H,16,18)(H,19,20). The Labute approximate surface area is 116 Å². The number of hydrogen-bond acceptors (Lipinski definition) is 2. The van der Waals surface area contributed by atoms with E-state index in [0.717, 1.165) is 17.4 Å². The SMILES string of the molecule is O=C(Cn1ccc2ccc(C(=O)O)cc21)NCC1CC1. The summed E-state index contributed by atoms with van der Waals surface area (Å²) in [5, 5.41) is 12.9. The van der Waals surface area contributed by atoms with Crippen LogP contribution in [0.15, 0.2) is 30.5 Å². The third-order valence-electron chi connectivity index (χ3n) is 3.62. The number of amides is 1. The number of benzene rings is 1. The fourth-order valence-corrected chi connectivity index (χ4v) is 2.25. The third-order valence-corrected chi connectivity index (χ3v) is 3.62. The molecule has 2 aromatic rings. The molecule has 1 aromatic heterocycles. The van der Waals surface area contributed by atoms with E-state index in [1.807, 2.05) is 12.3 Å². The molecule has 104 valence electrons. The summed E-state index contributed by atoms with van der Waals surface area (Å²) in [5.41, 5.74) is 1.00. The Bertz CT molecular complexity index is 671. The topological polar surface area (TPSA) is 71.3 Å². The van der Waals surface area contributed by atoms with Crippen molar-refractivity contribution in [2.75, 3.05) is 6.54 Å². The van der Waals surface area contributed by atoms with Crippen molar-refractivity contribution in [3.63, 3.8) is 0 Å². The van der Waals surface area contributed by atoms with Crippen molar-refractivity contribution in [2.24, 2.45) is 5.92 Å². The number of carbonyl (C=O) groups is 2. The molecule has 1 heterocycles. The van der Waals surface area contributed by atoms with E-state index in [9.17, 15) is 9.59 Å². The largest absolute Gasteiger partial charge is 0.478 e. The van der Waals surface area contributed by atoms with E-state index in [1.165, 1.54) is 12.8 Å². The van der Waals surface area contributed by atoms with Crippen molar-refractivity contribution in [1.82, 2.24) is 9.88 Å². The monoisotopic (exact) mass is 272 g/mol. The predicted molar refractivity (Wildman–Crippen MR) is 74.6 cm³/mol. The Morgan fingerprint density at radius 1 is 1.30 bits per heavy atom. The van der Waals surface area contributed by atoms with E-state index in [0.29, 0.717) is 5.92 Å². The number of nitrogens with zero attached hydrogens (tertiary/aromatic N) is 1. The molecule has 1 amide bonds. The van der Waals surface area contributed by atoms with Crippen molar-refractivity contribution < 1.29 is 14.7 Å². The number of fused-ring (bicyclic) bond motifs is 1. The first-order valence-corrected chi connectivity index (χ1v) is 6.72. The second kappa shape index (κ2) is 5.00. The molecule has 0 saturated heterocycles. The van der Waals surface area contributed by atoms with Gasteiger partial charge in [0.05, 0.1) is 5.56 Å². The van der Waals surface area contributed by atoms with Gasteiger partial charge in [0.15, 0.2) is 0 Å². The zero-order chi connectivity index (χ0) is 14.1. The van der Waals surface area contributed by atoms with Crippen LogP contribution < -0.4 is 5.32 Å². The van der Waals surface area contributed by atoms with Gasteiger partial charge in [-0.25, -0.2) is 4.79 Å². The van der Waals surface area contributed by atoms with Crippen LogP contribution in [-0.4, -0.2) is 28.1 Å². The molecule has 0 aliphatic heterocycles. The molecular formula is C15H16N2O3. The second-order valence-corrected chi connectivity index (χ2v) is 5.27. The van der Waals surface area contributed by atoms with Gasteiger partial charge in [0.2, 0.25) is 5.91 Å². The lowest BCUT2D eigenvalue weighted by Gasteiger charge is -2.07. The minimum atomic E-state index is -0.960. The molecule has 5 nitrogen and oxygen atoms in total. The van der Waals surface area contributed by atoms with E-state index in [2.05, 4.69) is 5.32 Å². The third kappa shape index (κ3) is 2.66. The van der Waals surface area contributed by atoms with E-state index in [-0.39, 0.29) is 18.0 Å². The molecule has 1 aliphatic carbocycles. The lowest BCUT2D eigenvalue weighted by Crippen LogP contribution is -2.29. The summed E-state index contributed by atoms with van der Waals surface area (Å²) in [5.74, 6) is -0.341. The molecule has 0 radical (unpaired) electrons. The van der Waals surface area contributed by atoms with Crippen molar-refractivity contribution in [2.45, 2.75) is 19.4 Å². The molecule has 2 N–H and O–H groups in total. The summed E-state index contributed by atoms with van der Waals surface area (Å²) in [7, 11) is 0. The summed E-state index contributed by atoms with van der Waals surface area (Å²) in [6, 6.07) is 6.82. The fourth-order valence-electron chi connectivity index (χ4n) is 2.25. The van der Waals surface area contributed by atoms with E-state index in [1.54, 1.807) is 22.8 Å². The average molecular weight is 272 g/mol. The van der Waals surface area contributed by atoms with Crippen molar-refractivity contribution >= 4 is 22.8 Å². The van der Waals surface area contributed by atoms with Crippen LogP contribution in [-0.2, 0) is 11.3 Å². The highest BCUT2D eigenvalue weighted by Gasteiger charge is 2.21. The fraction of sp³-hybridized carbons (Fsp3) is 0.333. The maximum Gasteiger partial charge on any atom is 0.335 e. The van der Waals surface area contributed by atoms with Gasteiger partial charge in [-0.1, -0.05) is 6.07 Å². The summed E-state index contributed by atoms with van der Waals surface area (Å²) in [6.07, 6.45) is 4.22. The van der Waals surface area contributed by atoms with Gasteiger partial charge in [0, 0.05) is 18.3 Å². The highest BCUT2D eigenvalue weighted by molar-refractivity contribution is 5.93. The predicted octanol–water partition coefficient (Wildman–Crippen LogP) is 1.87. The first-order valence-electron chi connectivity index (χ1n) is 6.72. The van der Waals surface area contributed by atoms with Gasteiger partial charge in [-0.05, 0) is 42.3 Å². The molecule has 5 heteroatoms. The minimum Gasteiger partial charge on any atom is -0.478 e. The molecule has 3 rings (SSSR count). The first-order chi connectivity index (χ1) is 9.63. The molecule has 20 heavy (non-hydrogen) atoms. The van der Waals surface area contributed by atoms with E-state index < -0.39 is 5.97 Å². The van der Waals surface area contributed by atoms with Gasteiger partial charge in [-0.15, -0.1) is 0 Å². The van der Waals surface area contributed by atoms with E-state index >= 15 is 0 Å². The molecule has 0 atom stereocenters. The summed E-state index contributed by atoms with van der Waals surface area (Å²) < 4.78 is 1.78. The number of carboxylic acid groups (broad SMARTS) is 1. The summed E-state index contributed by atoms with van der Waals surface area (Å²) in [6.45, 7) is 0.970. The number of aromatic carboxylic acids is 1. The van der Waals surface area contributed by atoms with Gasteiger partial charge >= 0.3 is 5.97 Å². The van der Waals surface area contributed by atoms with Crippen LogP contribution in [0.5, 0.6) is 0 Å². The first kappa shape index (κ1) is 12.7. The van der Waals surface area contributed by atoms with Crippen LogP contribution in [0.1, 0.15) is 23.2 Å². The molecule has 0 unspecified atom stereocenters. The number of carbonyl (C=O) groups excluding carboxylic acids is 1. The lowest BCUT2D eigenvalue weighted by molar-refractivity contribution is -0.121. The number of rotatable bonds is 5. The van der Waals surface area contributed by atoms with Gasteiger partial charge in [0.25, 0.3) is 0 Å². The highest BCUT2D eigenvalue weighted by atomic mass is 16.4. The lowest BCUT2D eigenvalue weighted by atomic mass is 10.1. The van der Waals surface area contributed by atoms with Crippen LogP contribution in [0.3, 0.4) is 0 Å². The zero-order valence-corrected chi connectivity index (χ0v) is 11.0. The molecule has 1 saturated carbocycles. The average Bonchev–Trinajstić information content (AvgIpc) is 3.18. The number of aromatic nitrogens is 1. The quantitative estimate of drug-likeness (QED) is 0.872. The van der Waals surface area contributed by atoms with Crippen LogP contribution in [0.2, 0.25) is 0 Å². The van der Waals surface area contributed by atoms with Crippen LogP contribution >= 0.6 is 0 Å². The Hall–Kier alpha value is -2.30. The molecule has 1 aliphatic rings. The Morgan fingerprint density at radius 3 is 2.80 bits per heavy atom. The van der Waals surface area contributed by atoms with Gasteiger partial charge in [-0.3, -0.25) is 4.79 Å². The van der Waals surface area contributed by atoms with Gasteiger partial charge < -0.3 is 15.0 Å². The molecule has 1 fully saturated rings. The summed E-state index contributed by atoms with van der Waals surface area (Å²) in [4.78, 5) is 22.9. The second-order valence-electron chi connectivity index (χ2n) is 5.27. The number of hydrogen-bond donors (Lipinski definition) is 2. The maximum atomic E-state index is 11.9. The minimum absolute atomic E-state index is 0.0323. The highest BCUT2D eigenvalue weighted by Crippen LogP contribution is 2.27. The maximum absolute atomic E-state index is 11.9. The van der Waals surface area contributed by atoms with Crippen LogP contribution in [0, 0.1) is 5.92 Å². The van der Waals surface area contributed by atoms with Crippen LogP contribution in [0.25, 0.3) is 10.9 Å². The Balaban J connectivity index is 1.77. The van der Waals surface area contributed by atoms with Crippen molar-refractivity contribution in [3.8, 4) is 0 Å². The number of carboxylic acids is 1. The van der Waals surface area contributed by atoms with Gasteiger partial charge in [0.1, 0.15) is 6.54 Å². The molecule has 1 aromatic carbocycles. The van der Waals surface area contributed by atoms with Gasteiger partial charge in [-0.2, -0.15) is 0 Å². The van der Waals surface area contributed by atoms with E-state index in [4.69, 9.17) is 5.11 Å². The summed E-state index contributed by atoms with van der Waals surface area (Å²) >= 11 is 0. The van der Waals surface area contributed by atoms with Crippen LogP contribution in [0.4, 0.5) is 0 Å². The number of nitrogens with one attached hydrogen (secondary N) is 1.